The summed E-state index contributed by atoms with van der Waals surface area (Å²) < 4.78 is 0. The van der Waals surface area contributed by atoms with Crippen molar-refractivity contribution in [2.24, 2.45) is 11.8 Å². The Labute approximate surface area is 94.6 Å². The molecule has 0 spiro atoms. The van der Waals surface area contributed by atoms with Crippen LogP contribution in [0.15, 0.2) is 0 Å². The van der Waals surface area contributed by atoms with E-state index in [0.717, 1.165) is 6.42 Å². The Morgan fingerprint density at radius 3 is 2.27 bits per heavy atom. The summed E-state index contributed by atoms with van der Waals surface area (Å²) >= 11 is 0. The van der Waals surface area contributed by atoms with Crippen molar-refractivity contribution in [3.05, 3.63) is 0 Å². The van der Waals surface area contributed by atoms with Crippen LogP contribution in [-0.2, 0) is 4.79 Å². The zero-order valence-electron chi connectivity index (χ0n) is 10.2. The van der Waals surface area contributed by atoms with Gasteiger partial charge in [-0.2, -0.15) is 0 Å². The van der Waals surface area contributed by atoms with Gasteiger partial charge in [0.05, 0.1) is 0 Å². The predicted molar refractivity (Wildman–Crippen MR) is 64.9 cm³/mol. The second-order valence-corrected chi connectivity index (χ2v) is 5.05. The van der Waals surface area contributed by atoms with Crippen LogP contribution in [0.25, 0.3) is 0 Å². The van der Waals surface area contributed by atoms with Gasteiger partial charge in [0.2, 0.25) is 0 Å². The van der Waals surface area contributed by atoms with Gasteiger partial charge in [0.25, 0.3) is 0 Å². The highest BCUT2D eigenvalue weighted by atomic mass is 16.1. The molecule has 0 bridgehead atoms. The van der Waals surface area contributed by atoms with Crippen LogP contribution < -0.4 is 0 Å². The molecule has 1 saturated carbocycles. The molecule has 1 unspecified atom stereocenters. The molecule has 0 saturated heterocycles. The third kappa shape index (κ3) is 4.81. The zero-order valence-corrected chi connectivity index (χ0v) is 10.2. The number of rotatable bonds is 5. The SMILES string of the molecule is CCCCC(C=O)C1CCCCCCC1. The Hall–Kier alpha value is -0.330. The van der Waals surface area contributed by atoms with E-state index >= 15 is 0 Å². The van der Waals surface area contributed by atoms with Crippen LogP contribution in [0.3, 0.4) is 0 Å². The first kappa shape index (κ1) is 12.7. The van der Waals surface area contributed by atoms with Gasteiger partial charge in [-0.15, -0.1) is 0 Å². The molecule has 0 aromatic heterocycles. The summed E-state index contributed by atoms with van der Waals surface area (Å²) in [5.41, 5.74) is 0. The van der Waals surface area contributed by atoms with Crippen molar-refractivity contribution >= 4 is 6.29 Å². The van der Waals surface area contributed by atoms with Gasteiger partial charge in [-0.25, -0.2) is 0 Å². The smallest absolute Gasteiger partial charge is 0.123 e. The maximum Gasteiger partial charge on any atom is 0.123 e. The van der Waals surface area contributed by atoms with Gasteiger partial charge >= 0.3 is 0 Å². The van der Waals surface area contributed by atoms with E-state index in [1.165, 1.54) is 64.1 Å². The predicted octanol–water partition coefficient (Wildman–Crippen LogP) is 4.35. The molecule has 1 rings (SSSR count). The number of unbranched alkanes of at least 4 members (excludes halogenated alkanes) is 1. The van der Waals surface area contributed by atoms with Crippen LogP contribution in [0.2, 0.25) is 0 Å². The lowest BCUT2D eigenvalue weighted by Crippen LogP contribution is -2.17. The molecule has 0 aromatic carbocycles. The quantitative estimate of drug-likeness (QED) is 0.616. The van der Waals surface area contributed by atoms with Gasteiger partial charge in [0, 0.05) is 5.92 Å². The molecule has 0 N–H and O–H groups in total. The second kappa shape index (κ2) is 7.90. The average Bonchev–Trinajstić information content (AvgIpc) is 2.21. The average molecular weight is 210 g/mol. The summed E-state index contributed by atoms with van der Waals surface area (Å²) in [6, 6.07) is 0. The molecule has 1 nitrogen and oxygen atoms in total. The summed E-state index contributed by atoms with van der Waals surface area (Å²) in [4.78, 5) is 11.1. The van der Waals surface area contributed by atoms with Gasteiger partial charge in [-0.3, -0.25) is 0 Å². The first-order valence-corrected chi connectivity index (χ1v) is 6.83. The van der Waals surface area contributed by atoms with E-state index in [1.54, 1.807) is 0 Å². The molecule has 15 heavy (non-hydrogen) atoms. The van der Waals surface area contributed by atoms with Crippen molar-refractivity contribution in [3.63, 3.8) is 0 Å². The van der Waals surface area contributed by atoms with Gasteiger partial charge in [0.1, 0.15) is 6.29 Å². The Kier molecular flexibility index (Phi) is 6.71. The van der Waals surface area contributed by atoms with Gasteiger partial charge in [0.15, 0.2) is 0 Å². The minimum absolute atomic E-state index is 0.364. The fraction of sp³-hybridized carbons (Fsp3) is 0.929. The molecule has 0 aliphatic heterocycles. The summed E-state index contributed by atoms with van der Waals surface area (Å²) in [5.74, 6) is 1.07. The van der Waals surface area contributed by atoms with Gasteiger partial charge in [-0.1, -0.05) is 51.9 Å². The van der Waals surface area contributed by atoms with E-state index in [9.17, 15) is 4.79 Å². The molecule has 0 amide bonds. The molecule has 1 atom stereocenters. The molecule has 1 aliphatic rings. The van der Waals surface area contributed by atoms with Crippen molar-refractivity contribution in [1.82, 2.24) is 0 Å². The summed E-state index contributed by atoms with van der Waals surface area (Å²) in [6.45, 7) is 2.21. The normalized spacial score (nSPS) is 21.7. The summed E-state index contributed by atoms with van der Waals surface area (Å²) in [5, 5.41) is 0. The van der Waals surface area contributed by atoms with Crippen molar-refractivity contribution < 1.29 is 4.79 Å². The van der Waals surface area contributed by atoms with Crippen LogP contribution in [0.4, 0.5) is 0 Å². The molecule has 1 heteroatoms. The van der Waals surface area contributed by atoms with Crippen LogP contribution in [0.5, 0.6) is 0 Å². The Morgan fingerprint density at radius 1 is 1.13 bits per heavy atom. The van der Waals surface area contributed by atoms with Gasteiger partial charge in [-0.05, 0) is 25.2 Å². The number of hydrogen-bond acceptors (Lipinski definition) is 1. The fourth-order valence-electron chi connectivity index (χ4n) is 2.77. The lowest BCUT2D eigenvalue weighted by atomic mass is 9.80. The van der Waals surface area contributed by atoms with Crippen molar-refractivity contribution in [3.8, 4) is 0 Å². The van der Waals surface area contributed by atoms with Crippen LogP contribution in [0, 0.1) is 11.8 Å². The number of carbonyl (C=O) groups excluding carboxylic acids is 1. The number of hydrogen-bond donors (Lipinski definition) is 0. The van der Waals surface area contributed by atoms with Crippen molar-refractivity contribution in [2.75, 3.05) is 0 Å². The molecule has 1 fully saturated rings. The van der Waals surface area contributed by atoms with Crippen LogP contribution in [0.1, 0.15) is 71.1 Å². The molecule has 0 radical (unpaired) electrons. The minimum Gasteiger partial charge on any atom is -0.303 e. The van der Waals surface area contributed by atoms with E-state index in [2.05, 4.69) is 6.92 Å². The maximum absolute atomic E-state index is 11.1. The zero-order chi connectivity index (χ0) is 10.9. The van der Waals surface area contributed by atoms with E-state index in [1.807, 2.05) is 0 Å². The van der Waals surface area contributed by atoms with E-state index in [-0.39, 0.29) is 0 Å². The molecule has 88 valence electrons. The topological polar surface area (TPSA) is 17.1 Å². The highest BCUT2D eigenvalue weighted by molar-refractivity contribution is 5.53. The third-order valence-corrected chi connectivity index (χ3v) is 3.82. The molecule has 0 heterocycles. The molecular formula is C14H26O. The fourth-order valence-corrected chi connectivity index (χ4v) is 2.77. The first-order chi connectivity index (χ1) is 7.38. The highest BCUT2D eigenvalue weighted by Crippen LogP contribution is 2.29. The monoisotopic (exact) mass is 210 g/mol. The van der Waals surface area contributed by atoms with Gasteiger partial charge < -0.3 is 4.79 Å². The van der Waals surface area contributed by atoms with E-state index in [4.69, 9.17) is 0 Å². The Bertz CT molecular complexity index is 157. The Morgan fingerprint density at radius 2 is 1.73 bits per heavy atom. The van der Waals surface area contributed by atoms with Crippen LogP contribution >= 0.6 is 0 Å². The summed E-state index contributed by atoms with van der Waals surface area (Å²) in [6.07, 6.45) is 14.3. The highest BCUT2D eigenvalue weighted by Gasteiger charge is 2.20. The van der Waals surface area contributed by atoms with Crippen LogP contribution in [-0.4, -0.2) is 6.29 Å². The molecule has 0 aromatic rings. The maximum atomic E-state index is 11.1. The summed E-state index contributed by atoms with van der Waals surface area (Å²) in [7, 11) is 0. The largest absolute Gasteiger partial charge is 0.303 e. The van der Waals surface area contributed by atoms with E-state index in [0.29, 0.717) is 11.8 Å². The third-order valence-electron chi connectivity index (χ3n) is 3.82. The van der Waals surface area contributed by atoms with Crippen molar-refractivity contribution in [2.45, 2.75) is 71.1 Å². The van der Waals surface area contributed by atoms with Crippen molar-refractivity contribution in [1.29, 1.82) is 0 Å². The Balaban J connectivity index is 2.37. The minimum atomic E-state index is 0.364. The lowest BCUT2D eigenvalue weighted by Gasteiger charge is -2.24. The molecule has 1 aliphatic carbocycles. The number of carbonyl (C=O) groups is 1. The first-order valence-electron chi connectivity index (χ1n) is 6.83. The van der Waals surface area contributed by atoms with E-state index < -0.39 is 0 Å². The number of aldehydes is 1. The molecular weight excluding hydrogens is 184 g/mol. The lowest BCUT2D eigenvalue weighted by molar-refractivity contribution is -0.113. The standard InChI is InChI=1S/C14H26O/c1-2-3-9-14(12-15)13-10-7-5-4-6-8-11-13/h12-14H,2-11H2,1H3. The second-order valence-electron chi connectivity index (χ2n) is 5.05.